The molecule has 8 nitrogen and oxygen atoms in total. The number of alkyl halides is 1. The molecular weight excluding hydrogens is 413 g/mol. The largest absolute Gasteiger partial charge is 0.489 e. The fourth-order valence-electron chi connectivity index (χ4n) is 3.35. The summed E-state index contributed by atoms with van der Waals surface area (Å²) in [5.41, 5.74) is 2.24. The van der Waals surface area contributed by atoms with Crippen molar-refractivity contribution in [3.05, 3.63) is 33.6 Å². The number of carbonyl (C=O) groups is 2. The van der Waals surface area contributed by atoms with Gasteiger partial charge in [-0.1, -0.05) is 11.8 Å². The van der Waals surface area contributed by atoms with Gasteiger partial charge in [0.15, 0.2) is 5.01 Å². The number of benzene rings is 1. The fraction of sp³-hybridized carbons (Fsp3) is 0.350. The number of fused-ring (bicyclic) bond motifs is 3. The molecule has 4 N–H and O–H groups in total. The molecular formula is C20H18FN3O5S. The van der Waals surface area contributed by atoms with E-state index < -0.39 is 36.3 Å². The molecule has 3 heterocycles. The van der Waals surface area contributed by atoms with Gasteiger partial charge in [0.05, 0.1) is 17.2 Å². The Kier molecular flexibility index (Phi) is 4.77. The quantitative estimate of drug-likeness (QED) is 0.591. The van der Waals surface area contributed by atoms with Crippen molar-refractivity contribution in [3.8, 4) is 28.8 Å². The van der Waals surface area contributed by atoms with Crippen LogP contribution in [0.2, 0.25) is 0 Å². The van der Waals surface area contributed by atoms with Gasteiger partial charge < -0.3 is 25.6 Å². The second-order valence-corrected chi connectivity index (χ2v) is 8.27. The molecule has 0 radical (unpaired) electrons. The highest BCUT2D eigenvalue weighted by molar-refractivity contribution is 7.14. The average molecular weight is 431 g/mol. The van der Waals surface area contributed by atoms with Crippen molar-refractivity contribution in [1.82, 2.24) is 9.88 Å². The van der Waals surface area contributed by atoms with Crippen LogP contribution in [0.15, 0.2) is 18.2 Å². The van der Waals surface area contributed by atoms with Crippen LogP contribution >= 0.6 is 11.3 Å². The first kappa shape index (κ1) is 20.3. The van der Waals surface area contributed by atoms with Crippen LogP contribution in [0.4, 0.5) is 4.39 Å². The number of aromatic nitrogens is 1. The average Bonchev–Trinajstić information content (AvgIpc) is 3.26. The number of ether oxygens (including phenoxy) is 1. The van der Waals surface area contributed by atoms with Gasteiger partial charge in [-0.2, -0.15) is 0 Å². The Labute approximate surface area is 175 Å². The molecule has 10 heteroatoms. The number of halogens is 1. The number of likely N-dealkylation sites (N-methyl/N-ethyl adjacent to an activating group) is 1. The van der Waals surface area contributed by atoms with Gasteiger partial charge in [0.2, 0.25) is 11.3 Å². The summed E-state index contributed by atoms with van der Waals surface area (Å²) in [6, 6.07) is 4.73. The lowest BCUT2D eigenvalue weighted by molar-refractivity contribution is -0.137. The zero-order chi connectivity index (χ0) is 21.7. The van der Waals surface area contributed by atoms with Gasteiger partial charge in [0.1, 0.15) is 12.4 Å². The zero-order valence-corrected chi connectivity index (χ0v) is 16.8. The van der Waals surface area contributed by atoms with Crippen LogP contribution in [0.5, 0.6) is 5.75 Å². The summed E-state index contributed by atoms with van der Waals surface area (Å²) >= 11 is 0.765. The summed E-state index contributed by atoms with van der Waals surface area (Å²) in [6.45, 7) is -0.918. The second kappa shape index (κ2) is 7.05. The van der Waals surface area contributed by atoms with E-state index in [0.717, 1.165) is 11.3 Å². The minimum absolute atomic E-state index is 0.0360. The van der Waals surface area contributed by atoms with Gasteiger partial charge in [0, 0.05) is 31.1 Å². The number of rotatable bonds is 2. The number of hydrogen-bond donors (Lipinski definition) is 3. The van der Waals surface area contributed by atoms with Crippen LogP contribution in [0, 0.1) is 11.8 Å². The zero-order valence-electron chi connectivity index (χ0n) is 15.9. The lowest BCUT2D eigenvalue weighted by Crippen LogP contribution is -2.37. The summed E-state index contributed by atoms with van der Waals surface area (Å²) < 4.78 is 20.9. The van der Waals surface area contributed by atoms with Crippen molar-refractivity contribution in [1.29, 1.82) is 0 Å². The maximum Gasteiger partial charge on any atom is 0.277 e. The number of thiazole rings is 1. The summed E-state index contributed by atoms with van der Waals surface area (Å²) in [5, 5.41) is 20.0. The van der Waals surface area contributed by atoms with Crippen LogP contribution in [0.3, 0.4) is 0 Å². The summed E-state index contributed by atoms with van der Waals surface area (Å²) in [7, 11) is 1.59. The van der Waals surface area contributed by atoms with Gasteiger partial charge in [0.25, 0.3) is 11.8 Å². The second-order valence-electron chi connectivity index (χ2n) is 7.27. The predicted octanol–water partition coefficient (Wildman–Crippen LogP) is 0.403. The van der Waals surface area contributed by atoms with Gasteiger partial charge >= 0.3 is 0 Å². The highest BCUT2D eigenvalue weighted by Crippen LogP contribution is 2.45. The maximum atomic E-state index is 15.3. The molecule has 30 heavy (non-hydrogen) atoms. The molecule has 2 amide bonds. The number of hydrogen-bond acceptors (Lipinski definition) is 7. The van der Waals surface area contributed by atoms with E-state index in [1.165, 1.54) is 4.90 Å². The Morgan fingerprint density at radius 3 is 2.90 bits per heavy atom. The molecule has 2 aliphatic rings. The normalized spacial score (nSPS) is 24.9. The number of primary amides is 1. The lowest BCUT2D eigenvalue weighted by atomic mass is 10.00. The van der Waals surface area contributed by atoms with E-state index in [1.807, 2.05) is 0 Å². The highest BCUT2D eigenvalue weighted by atomic mass is 32.1. The number of aliphatic hydroxyl groups is 2. The Morgan fingerprint density at radius 1 is 1.50 bits per heavy atom. The van der Waals surface area contributed by atoms with Crippen LogP contribution in [-0.4, -0.2) is 64.3 Å². The van der Waals surface area contributed by atoms with Crippen molar-refractivity contribution in [2.75, 3.05) is 26.8 Å². The molecule has 0 spiro atoms. The third-order valence-electron chi connectivity index (χ3n) is 5.11. The van der Waals surface area contributed by atoms with Crippen molar-refractivity contribution in [3.63, 3.8) is 0 Å². The van der Waals surface area contributed by atoms with Crippen molar-refractivity contribution < 1.29 is 28.9 Å². The van der Waals surface area contributed by atoms with E-state index in [0.29, 0.717) is 23.4 Å². The maximum absolute atomic E-state index is 15.3. The first-order valence-electron chi connectivity index (χ1n) is 9.06. The van der Waals surface area contributed by atoms with E-state index in [9.17, 15) is 19.8 Å². The molecule has 2 aromatic rings. The molecule has 0 saturated carbocycles. The molecule has 0 unspecified atom stereocenters. The third-order valence-corrected chi connectivity index (χ3v) is 6.36. The first-order chi connectivity index (χ1) is 14.2. The first-order valence-corrected chi connectivity index (χ1v) is 9.88. The molecule has 2 aliphatic heterocycles. The number of nitrogens with zero attached hydrogens (tertiary/aromatic N) is 2. The molecule has 0 aliphatic carbocycles. The summed E-state index contributed by atoms with van der Waals surface area (Å²) in [6.07, 6.45) is 0.197. The number of carbonyl (C=O) groups excluding carboxylic acids is 2. The third kappa shape index (κ3) is 3.21. The molecule has 156 valence electrons. The number of amides is 2. The summed E-state index contributed by atoms with van der Waals surface area (Å²) in [5.74, 6) is 4.42. The monoisotopic (exact) mass is 431 g/mol. The van der Waals surface area contributed by atoms with E-state index in [2.05, 4.69) is 16.8 Å². The number of aliphatic hydroxyl groups excluding tert-OH is 1. The van der Waals surface area contributed by atoms with Crippen LogP contribution < -0.4 is 10.5 Å². The van der Waals surface area contributed by atoms with Crippen LogP contribution in [0.25, 0.3) is 11.3 Å². The Hall–Kier alpha value is -3.00. The molecule has 1 aromatic carbocycles. The van der Waals surface area contributed by atoms with E-state index in [1.54, 1.807) is 25.2 Å². The number of likely N-dealkylation sites (tertiary alicyclic amines) is 1. The Balaban J connectivity index is 1.80. The minimum atomic E-state index is -2.25. The smallest absolute Gasteiger partial charge is 0.277 e. The topological polar surface area (TPSA) is 126 Å². The predicted molar refractivity (Wildman–Crippen MR) is 106 cm³/mol. The van der Waals surface area contributed by atoms with Gasteiger partial charge in [-0.15, -0.1) is 11.3 Å². The minimum Gasteiger partial charge on any atom is -0.489 e. The Bertz CT molecular complexity index is 1120. The van der Waals surface area contributed by atoms with Gasteiger partial charge in [-0.3, -0.25) is 9.59 Å². The van der Waals surface area contributed by atoms with Crippen molar-refractivity contribution in [2.45, 2.75) is 17.7 Å². The lowest BCUT2D eigenvalue weighted by Gasteiger charge is -2.19. The van der Waals surface area contributed by atoms with E-state index in [4.69, 9.17) is 10.5 Å². The Morgan fingerprint density at radius 2 is 2.27 bits per heavy atom. The van der Waals surface area contributed by atoms with Crippen molar-refractivity contribution in [2.24, 2.45) is 5.73 Å². The SMILES string of the molecule is CN1CC[C@@](O)(C#Cc2ccc3c(c2)-c2nc(C(N)=O)sc2[C@@](F)(CO)CO3)C1=O. The number of nitrogens with two attached hydrogens (primary N) is 1. The van der Waals surface area contributed by atoms with Gasteiger partial charge in [-0.25, -0.2) is 9.37 Å². The molecule has 1 fully saturated rings. The van der Waals surface area contributed by atoms with Crippen LogP contribution in [-0.2, 0) is 10.5 Å². The van der Waals surface area contributed by atoms with Gasteiger partial charge in [-0.05, 0) is 18.2 Å². The van der Waals surface area contributed by atoms with Crippen LogP contribution in [0.1, 0.15) is 26.7 Å². The molecule has 0 bridgehead atoms. The van der Waals surface area contributed by atoms with Crippen molar-refractivity contribution >= 4 is 23.2 Å². The van der Waals surface area contributed by atoms with E-state index >= 15 is 4.39 Å². The standard InChI is InChI=1S/C20H18FN3O5S/c1-24-7-6-20(28,18(24)27)5-4-11-2-3-13-12(8-11)14-15(19(21,9-25)10-29-13)30-17(23-14)16(22)26/h2-3,8,25,28H,6-7,9-10H2,1H3,(H2,22,26)/t19-,20+/m1/s1. The summed E-state index contributed by atoms with van der Waals surface area (Å²) in [4.78, 5) is 29.3. The fourth-order valence-corrected chi connectivity index (χ4v) is 4.34. The van der Waals surface area contributed by atoms with E-state index in [-0.39, 0.29) is 22.0 Å². The molecule has 1 saturated heterocycles. The highest BCUT2D eigenvalue weighted by Gasteiger charge is 2.43. The molecule has 1 aromatic heterocycles. The molecule has 2 atom stereocenters. The molecule has 4 rings (SSSR count).